The van der Waals surface area contributed by atoms with Gasteiger partial charge in [0, 0.05) is 12.0 Å². The Hall–Kier alpha value is -1.95. The second kappa shape index (κ2) is 6.47. The molecule has 0 spiro atoms. The summed E-state index contributed by atoms with van der Waals surface area (Å²) in [7, 11) is -3.76. The average Bonchev–Trinajstić information content (AvgIpc) is 2.91. The highest BCUT2D eigenvalue weighted by molar-refractivity contribution is 7.93. The first-order chi connectivity index (χ1) is 9.63. The summed E-state index contributed by atoms with van der Waals surface area (Å²) in [4.78, 5) is 0.0700. The van der Waals surface area contributed by atoms with Crippen LogP contribution in [0.5, 0.6) is 0 Å². The number of rotatable bonds is 4. The first-order valence-corrected chi connectivity index (χ1v) is 7.97. The quantitative estimate of drug-likeness (QED) is 0.824. The van der Waals surface area contributed by atoms with Crippen molar-refractivity contribution in [3.05, 3.63) is 35.3 Å². The van der Waals surface area contributed by atoms with E-state index in [-0.39, 0.29) is 23.1 Å². The maximum absolute atomic E-state index is 12.3. The minimum absolute atomic E-state index is 0.0645. The van der Waals surface area contributed by atoms with Crippen LogP contribution in [0.15, 0.2) is 34.7 Å². The van der Waals surface area contributed by atoms with Crippen LogP contribution in [0.1, 0.15) is 12.0 Å². The number of aromatic nitrogens is 2. The van der Waals surface area contributed by atoms with E-state index in [2.05, 4.69) is 26.8 Å². The molecule has 0 saturated carbocycles. The van der Waals surface area contributed by atoms with Gasteiger partial charge >= 0.3 is 0 Å². The second-order valence-corrected chi connectivity index (χ2v) is 6.10. The zero-order valence-electron chi connectivity index (χ0n) is 10.3. The third kappa shape index (κ3) is 3.54. The molecule has 0 atom stereocenters. The fourth-order valence-corrected chi connectivity index (χ4v) is 3.26. The van der Waals surface area contributed by atoms with Crippen molar-refractivity contribution in [2.75, 3.05) is 11.3 Å². The molecule has 1 heterocycles. The summed E-state index contributed by atoms with van der Waals surface area (Å²) in [6, 6.07) is 6.39. The van der Waals surface area contributed by atoms with Gasteiger partial charge in [0.2, 0.25) is 5.13 Å². The standard InChI is InChI=1S/C12H11N3O3S2/c16-8-4-3-6-10-5-1-2-7-11(10)20(17,18)15-12-14-13-9-19-12/h1-2,5,7,9,16H,4,8H2,(H,14,15). The number of nitrogens with one attached hydrogen (secondary N) is 1. The van der Waals surface area contributed by atoms with E-state index in [9.17, 15) is 8.42 Å². The van der Waals surface area contributed by atoms with Crippen molar-refractivity contribution in [1.82, 2.24) is 10.2 Å². The molecule has 1 aromatic heterocycles. The van der Waals surface area contributed by atoms with E-state index < -0.39 is 10.0 Å². The fraction of sp³-hybridized carbons (Fsp3) is 0.167. The third-order valence-corrected chi connectivity index (χ3v) is 4.35. The van der Waals surface area contributed by atoms with Crippen molar-refractivity contribution in [3.8, 4) is 11.8 Å². The van der Waals surface area contributed by atoms with E-state index in [4.69, 9.17) is 5.11 Å². The molecule has 0 aliphatic heterocycles. The number of aliphatic hydroxyl groups excluding tert-OH is 1. The Bertz CT molecular complexity index is 731. The van der Waals surface area contributed by atoms with Gasteiger partial charge < -0.3 is 5.11 Å². The van der Waals surface area contributed by atoms with Gasteiger partial charge in [-0.2, -0.15) is 0 Å². The van der Waals surface area contributed by atoms with Crippen molar-refractivity contribution >= 4 is 26.5 Å². The third-order valence-electron chi connectivity index (χ3n) is 2.22. The van der Waals surface area contributed by atoms with Gasteiger partial charge in [-0.25, -0.2) is 8.42 Å². The molecule has 1 aromatic carbocycles. The Labute approximate surface area is 120 Å². The molecule has 0 radical (unpaired) electrons. The van der Waals surface area contributed by atoms with Gasteiger partial charge in [-0.15, -0.1) is 10.2 Å². The lowest BCUT2D eigenvalue weighted by molar-refractivity contribution is 0.305. The summed E-state index contributed by atoms with van der Waals surface area (Å²) in [5.41, 5.74) is 1.81. The van der Waals surface area contributed by atoms with Crippen LogP contribution >= 0.6 is 11.3 Å². The fourth-order valence-electron chi connectivity index (χ4n) is 1.41. The number of hydrogen-bond donors (Lipinski definition) is 2. The molecule has 0 bridgehead atoms. The lowest BCUT2D eigenvalue weighted by Gasteiger charge is -2.06. The molecule has 0 saturated heterocycles. The van der Waals surface area contributed by atoms with Crippen LogP contribution in [0.25, 0.3) is 0 Å². The molecule has 8 heteroatoms. The molecule has 2 aromatic rings. The van der Waals surface area contributed by atoms with Crippen LogP contribution in [0, 0.1) is 11.8 Å². The van der Waals surface area contributed by atoms with E-state index in [0.29, 0.717) is 5.56 Å². The SMILES string of the molecule is O=S(=O)(Nc1nncs1)c1ccccc1C#CCCO. The minimum Gasteiger partial charge on any atom is -0.395 e. The topological polar surface area (TPSA) is 92.2 Å². The summed E-state index contributed by atoms with van der Waals surface area (Å²) >= 11 is 1.09. The molecule has 20 heavy (non-hydrogen) atoms. The predicted octanol–water partition coefficient (Wildman–Crippen LogP) is 1.07. The number of anilines is 1. The zero-order chi connectivity index (χ0) is 14.4. The van der Waals surface area contributed by atoms with Crippen LogP contribution in [0.4, 0.5) is 5.13 Å². The summed E-state index contributed by atoms with van der Waals surface area (Å²) in [5, 5.41) is 16.1. The van der Waals surface area contributed by atoms with Gasteiger partial charge in [-0.05, 0) is 12.1 Å². The van der Waals surface area contributed by atoms with E-state index >= 15 is 0 Å². The van der Waals surface area contributed by atoms with E-state index in [1.807, 2.05) is 0 Å². The molecule has 0 aliphatic rings. The Kier molecular flexibility index (Phi) is 4.68. The van der Waals surface area contributed by atoms with Gasteiger partial charge in [0.25, 0.3) is 10.0 Å². The summed E-state index contributed by atoms with van der Waals surface area (Å²) < 4.78 is 26.9. The van der Waals surface area contributed by atoms with E-state index in [0.717, 1.165) is 11.3 Å². The van der Waals surface area contributed by atoms with Gasteiger partial charge in [-0.3, -0.25) is 4.72 Å². The highest BCUT2D eigenvalue weighted by atomic mass is 32.2. The summed E-state index contributed by atoms with van der Waals surface area (Å²) in [6.07, 6.45) is 0.290. The Morgan fingerprint density at radius 3 is 2.85 bits per heavy atom. The number of nitrogens with zero attached hydrogens (tertiary/aromatic N) is 2. The Morgan fingerprint density at radius 2 is 2.15 bits per heavy atom. The van der Waals surface area contributed by atoms with Crippen LogP contribution in [0.2, 0.25) is 0 Å². The van der Waals surface area contributed by atoms with Crippen LogP contribution in [-0.2, 0) is 10.0 Å². The van der Waals surface area contributed by atoms with Crippen molar-refractivity contribution in [3.63, 3.8) is 0 Å². The second-order valence-electron chi connectivity index (χ2n) is 3.62. The van der Waals surface area contributed by atoms with Crippen molar-refractivity contribution in [1.29, 1.82) is 0 Å². The molecule has 6 nitrogen and oxygen atoms in total. The summed E-state index contributed by atoms with van der Waals surface area (Å²) in [6.45, 7) is -0.0645. The minimum atomic E-state index is -3.76. The van der Waals surface area contributed by atoms with Gasteiger partial charge in [0.05, 0.1) is 6.61 Å². The molecule has 0 amide bonds. The maximum Gasteiger partial charge on any atom is 0.264 e. The van der Waals surface area contributed by atoms with Gasteiger partial charge in [0.15, 0.2) is 0 Å². The summed E-state index contributed by atoms with van der Waals surface area (Å²) in [5.74, 6) is 5.44. The van der Waals surface area contributed by atoms with Crippen LogP contribution in [0.3, 0.4) is 0 Å². The largest absolute Gasteiger partial charge is 0.395 e. The highest BCUT2D eigenvalue weighted by Crippen LogP contribution is 2.19. The molecular weight excluding hydrogens is 298 g/mol. The number of benzene rings is 1. The highest BCUT2D eigenvalue weighted by Gasteiger charge is 2.18. The zero-order valence-corrected chi connectivity index (χ0v) is 11.9. The molecule has 2 rings (SSSR count). The van der Waals surface area contributed by atoms with Gasteiger partial charge in [-0.1, -0.05) is 35.3 Å². The molecular formula is C12H11N3O3S2. The maximum atomic E-state index is 12.3. The predicted molar refractivity (Wildman–Crippen MR) is 75.7 cm³/mol. The van der Waals surface area contributed by atoms with Crippen molar-refractivity contribution in [2.24, 2.45) is 0 Å². The average molecular weight is 309 g/mol. The molecule has 0 fully saturated rings. The lowest BCUT2D eigenvalue weighted by atomic mass is 10.2. The van der Waals surface area contributed by atoms with Crippen molar-refractivity contribution < 1.29 is 13.5 Å². The molecule has 104 valence electrons. The van der Waals surface area contributed by atoms with Crippen LogP contribution < -0.4 is 4.72 Å². The van der Waals surface area contributed by atoms with Gasteiger partial charge in [0.1, 0.15) is 10.4 Å². The van der Waals surface area contributed by atoms with E-state index in [1.165, 1.54) is 11.6 Å². The normalized spacial score (nSPS) is 10.7. The van der Waals surface area contributed by atoms with Crippen LogP contribution in [-0.4, -0.2) is 30.3 Å². The number of sulfonamides is 1. The first kappa shape index (κ1) is 14.5. The first-order valence-electron chi connectivity index (χ1n) is 5.61. The number of aliphatic hydroxyl groups is 1. The lowest BCUT2D eigenvalue weighted by Crippen LogP contribution is -2.14. The van der Waals surface area contributed by atoms with Crippen molar-refractivity contribution in [2.45, 2.75) is 11.3 Å². The molecule has 0 aliphatic carbocycles. The molecule has 2 N–H and O–H groups in total. The number of hydrogen-bond acceptors (Lipinski definition) is 6. The van der Waals surface area contributed by atoms with E-state index in [1.54, 1.807) is 18.2 Å². The Morgan fingerprint density at radius 1 is 1.35 bits per heavy atom. The Balaban J connectivity index is 2.35. The molecule has 0 unspecified atom stereocenters. The monoisotopic (exact) mass is 309 g/mol. The smallest absolute Gasteiger partial charge is 0.264 e.